The molecule has 0 amide bonds. The van der Waals surface area contributed by atoms with Crippen LogP contribution in [0.3, 0.4) is 0 Å². The second-order valence-electron chi connectivity index (χ2n) is 2.52. The van der Waals surface area contributed by atoms with Gasteiger partial charge in [0.1, 0.15) is 6.54 Å². The number of dihydropyridines is 1. The molecule has 0 spiro atoms. The SMILES string of the molecule is [C]1NC=CC=C1C1CC1. The Morgan fingerprint density at radius 2 is 2.44 bits per heavy atom. The molecule has 1 aliphatic heterocycles. The van der Waals surface area contributed by atoms with Gasteiger partial charge in [0.2, 0.25) is 0 Å². The lowest BCUT2D eigenvalue weighted by atomic mass is 10.1. The van der Waals surface area contributed by atoms with E-state index in [0.717, 1.165) is 5.92 Å². The van der Waals surface area contributed by atoms with Crippen molar-refractivity contribution in [2.45, 2.75) is 12.8 Å². The van der Waals surface area contributed by atoms with Gasteiger partial charge in [-0.1, -0.05) is 6.08 Å². The summed E-state index contributed by atoms with van der Waals surface area (Å²) in [7, 11) is 0. The summed E-state index contributed by atoms with van der Waals surface area (Å²) in [6, 6.07) is 0. The summed E-state index contributed by atoms with van der Waals surface area (Å²) in [6.45, 7) is 3.11. The van der Waals surface area contributed by atoms with E-state index < -0.39 is 0 Å². The molecule has 0 atom stereocenters. The number of nitrogens with one attached hydrogen (secondary N) is 1. The van der Waals surface area contributed by atoms with Crippen LogP contribution in [0.15, 0.2) is 23.9 Å². The van der Waals surface area contributed by atoms with Gasteiger partial charge in [0.05, 0.1) is 0 Å². The summed E-state index contributed by atoms with van der Waals surface area (Å²) in [5.41, 5.74) is 1.34. The maximum atomic E-state index is 3.11. The van der Waals surface area contributed by atoms with Gasteiger partial charge in [-0.25, -0.2) is 0 Å². The van der Waals surface area contributed by atoms with Gasteiger partial charge in [-0.05, 0) is 36.6 Å². The van der Waals surface area contributed by atoms with Crippen LogP contribution in [0.4, 0.5) is 0 Å². The first kappa shape index (κ1) is 5.10. The molecular formula is C8H9N. The standard InChI is InChI=1S/C8H9N/c1-2-8(6-9-5-1)7-3-4-7/h1-2,5,7,9H,3-4H2. The van der Waals surface area contributed by atoms with Crippen LogP contribution in [-0.4, -0.2) is 0 Å². The van der Waals surface area contributed by atoms with E-state index in [9.17, 15) is 0 Å². The van der Waals surface area contributed by atoms with Gasteiger partial charge in [0.15, 0.2) is 0 Å². The number of allylic oxidation sites excluding steroid dienone is 2. The topological polar surface area (TPSA) is 12.0 Å². The molecule has 0 aromatic rings. The van der Waals surface area contributed by atoms with Crippen molar-refractivity contribution < 1.29 is 0 Å². The van der Waals surface area contributed by atoms with Crippen molar-refractivity contribution in [3.8, 4) is 0 Å². The highest BCUT2D eigenvalue weighted by Gasteiger charge is 2.25. The summed E-state index contributed by atoms with van der Waals surface area (Å²) in [4.78, 5) is 0. The maximum absolute atomic E-state index is 3.11. The minimum Gasteiger partial charge on any atom is -0.377 e. The highest BCUT2D eigenvalue weighted by molar-refractivity contribution is 5.28. The van der Waals surface area contributed by atoms with Gasteiger partial charge < -0.3 is 5.32 Å². The molecule has 1 fully saturated rings. The lowest BCUT2D eigenvalue weighted by Gasteiger charge is -2.06. The summed E-state index contributed by atoms with van der Waals surface area (Å²) < 4.78 is 0. The van der Waals surface area contributed by atoms with Gasteiger partial charge in [-0.2, -0.15) is 0 Å². The van der Waals surface area contributed by atoms with Crippen LogP contribution >= 0.6 is 0 Å². The molecule has 1 aliphatic carbocycles. The normalized spacial score (nSPS) is 25.1. The number of rotatable bonds is 1. The molecule has 1 N–H and O–H groups in total. The summed E-state index contributed by atoms with van der Waals surface area (Å²) in [6.07, 6.45) is 8.77. The Kier molecular flexibility index (Phi) is 1.08. The Morgan fingerprint density at radius 3 is 3.00 bits per heavy atom. The van der Waals surface area contributed by atoms with Crippen molar-refractivity contribution in [3.05, 3.63) is 30.5 Å². The summed E-state index contributed by atoms with van der Waals surface area (Å²) in [5.74, 6) is 0.822. The molecule has 0 aromatic carbocycles. The van der Waals surface area contributed by atoms with Crippen molar-refractivity contribution in [1.29, 1.82) is 0 Å². The van der Waals surface area contributed by atoms with Crippen LogP contribution in [0.25, 0.3) is 0 Å². The Labute approximate surface area is 55.5 Å². The van der Waals surface area contributed by atoms with Gasteiger partial charge in [-0.15, -0.1) is 0 Å². The Bertz CT molecular complexity index is 163. The molecule has 2 aliphatic rings. The van der Waals surface area contributed by atoms with Crippen LogP contribution in [0.1, 0.15) is 12.8 Å². The number of hydrogen-bond acceptors (Lipinski definition) is 1. The van der Waals surface area contributed by atoms with E-state index in [1.165, 1.54) is 18.4 Å². The third kappa shape index (κ3) is 0.995. The zero-order valence-corrected chi connectivity index (χ0v) is 5.22. The van der Waals surface area contributed by atoms with E-state index in [0.29, 0.717) is 0 Å². The van der Waals surface area contributed by atoms with Crippen molar-refractivity contribution in [1.82, 2.24) is 5.32 Å². The minimum absolute atomic E-state index is 0.822. The van der Waals surface area contributed by atoms with Crippen LogP contribution in [0, 0.1) is 12.5 Å². The highest BCUT2D eigenvalue weighted by Crippen LogP contribution is 2.37. The molecular weight excluding hydrogens is 110 g/mol. The predicted molar refractivity (Wildman–Crippen MR) is 36.3 cm³/mol. The third-order valence-corrected chi connectivity index (χ3v) is 1.69. The molecule has 2 rings (SSSR count). The van der Waals surface area contributed by atoms with Crippen molar-refractivity contribution in [3.63, 3.8) is 0 Å². The average Bonchev–Trinajstić information content (AvgIpc) is 2.71. The molecule has 1 nitrogen and oxygen atoms in total. The van der Waals surface area contributed by atoms with E-state index in [-0.39, 0.29) is 0 Å². The van der Waals surface area contributed by atoms with Gasteiger partial charge in [0.25, 0.3) is 0 Å². The van der Waals surface area contributed by atoms with Crippen LogP contribution in [0.2, 0.25) is 0 Å². The molecule has 9 heavy (non-hydrogen) atoms. The zero-order chi connectivity index (χ0) is 6.10. The smallest absolute Gasteiger partial charge is 0.118 e. The zero-order valence-electron chi connectivity index (χ0n) is 5.22. The first-order valence-electron chi connectivity index (χ1n) is 3.35. The second kappa shape index (κ2) is 1.90. The van der Waals surface area contributed by atoms with Crippen LogP contribution in [0.5, 0.6) is 0 Å². The Balaban J connectivity index is 2.07. The lowest BCUT2D eigenvalue weighted by Crippen LogP contribution is -2.06. The fourth-order valence-corrected chi connectivity index (χ4v) is 0.999. The monoisotopic (exact) mass is 119 g/mol. The minimum atomic E-state index is 0.822. The second-order valence-corrected chi connectivity index (χ2v) is 2.52. The Morgan fingerprint density at radius 1 is 1.56 bits per heavy atom. The number of hydrogen-bond donors (Lipinski definition) is 1. The van der Waals surface area contributed by atoms with E-state index in [1.54, 1.807) is 0 Å². The first-order valence-corrected chi connectivity index (χ1v) is 3.35. The molecule has 1 heterocycles. The molecule has 2 radical (unpaired) electrons. The van der Waals surface area contributed by atoms with Crippen molar-refractivity contribution in [2.24, 2.45) is 5.92 Å². The maximum Gasteiger partial charge on any atom is 0.118 e. The van der Waals surface area contributed by atoms with Gasteiger partial charge >= 0.3 is 0 Å². The molecule has 0 aromatic heterocycles. The Hall–Kier alpha value is -0.720. The highest BCUT2D eigenvalue weighted by atomic mass is 14.8. The summed E-state index contributed by atoms with van der Waals surface area (Å²) in [5, 5.41) is 2.96. The molecule has 0 unspecified atom stereocenters. The molecule has 1 heteroatoms. The van der Waals surface area contributed by atoms with Crippen LogP contribution < -0.4 is 5.32 Å². The lowest BCUT2D eigenvalue weighted by molar-refractivity contribution is 0.926. The van der Waals surface area contributed by atoms with Gasteiger partial charge in [-0.3, -0.25) is 0 Å². The summed E-state index contributed by atoms with van der Waals surface area (Å²) >= 11 is 0. The van der Waals surface area contributed by atoms with Crippen LogP contribution in [-0.2, 0) is 0 Å². The first-order chi connectivity index (χ1) is 4.47. The van der Waals surface area contributed by atoms with E-state index in [4.69, 9.17) is 0 Å². The molecule has 1 saturated carbocycles. The van der Waals surface area contributed by atoms with E-state index >= 15 is 0 Å². The molecule has 46 valence electrons. The van der Waals surface area contributed by atoms with Crippen molar-refractivity contribution >= 4 is 0 Å². The average molecular weight is 119 g/mol. The quantitative estimate of drug-likeness (QED) is 0.551. The molecule has 0 saturated heterocycles. The van der Waals surface area contributed by atoms with E-state index in [2.05, 4.69) is 17.9 Å². The molecule has 0 bridgehead atoms. The third-order valence-electron chi connectivity index (χ3n) is 1.69. The van der Waals surface area contributed by atoms with E-state index in [1.807, 2.05) is 12.3 Å². The predicted octanol–water partition coefficient (Wildman–Crippen LogP) is 1.48. The van der Waals surface area contributed by atoms with Gasteiger partial charge in [0, 0.05) is 0 Å². The fraction of sp³-hybridized carbons (Fsp3) is 0.375. The van der Waals surface area contributed by atoms with Crippen molar-refractivity contribution in [2.75, 3.05) is 0 Å². The fourth-order valence-electron chi connectivity index (χ4n) is 0.999. The largest absolute Gasteiger partial charge is 0.377 e.